The lowest BCUT2D eigenvalue weighted by Gasteiger charge is -2.32. The van der Waals surface area contributed by atoms with Gasteiger partial charge < -0.3 is 0 Å². The lowest BCUT2D eigenvalue weighted by atomic mass is 10.1. The fraction of sp³-hybridized carbons (Fsp3) is 0.368. The van der Waals surface area contributed by atoms with E-state index in [-0.39, 0.29) is 21.7 Å². The topological polar surface area (TPSA) is 83.5 Å². The summed E-state index contributed by atoms with van der Waals surface area (Å²) >= 11 is 0. The molecule has 1 heterocycles. The van der Waals surface area contributed by atoms with Crippen LogP contribution in [0.15, 0.2) is 58.3 Å². The van der Waals surface area contributed by atoms with Crippen LogP contribution in [0.1, 0.15) is 18.4 Å². The van der Waals surface area contributed by atoms with Crippen molar-refractivity contribution in [3.63, 3.8) is 0 Å². The van der Waals surface area contributed by atoms with Gasteiger partial charge in [0.25, 0.3) is 0 Å². The molecule has 1 N–H and O–H groups in total. The minimum atomic E-state index is -3.94. The van der Waals surface area contributed by atoms with Crippen molar-refractivity contribution in [3.8, 4) is 0 Å². The maximum Gasteiger partial charge on any atom is 0.242 e. The van der Waals surface area contributed by atoms with E-state index in [9.17, 15) is 21.2 Å². The number of hydrogen-bond acceptors (Lipinski definition) is 5. The Morgan fingerprint density at radius 1 is 0.964 bits per heavy atom. The molecule has 2 aromatic carbocycles. The van der Waals surface area contributed by atoms with E-state index in [0.717, 1.165) is 11.8 Å². The van der Waals surface area contributed by atoms with Gasteiger partial charge in [-0.2, -0.15) is 0 Å². The Labute approximate surface area is 165 Å². The summed E-state index contributed by atoms with van der Waals surface area (Å²) in [6.07, 6.45) is 2.22. The Morgan fingerprint density at radius 2 is 1.54 bits per heavy atom. The van der Waals surface area contributed by atoms with Gasteiger partial charge in [-0.15, -0.1) is 0 Å². The first-order valence-corrected chi connectivity index (χ1v) is 12.3. The number of sulfone groups is 1. The first-order chi connectivity index (χ1) is 13.1. The van der Waals surface area contributed by atoms with E-state index in [4.69, 9.17) is 0 Å². The third kappa shape index (κ3) is 5.16. The monoisotopic (exact) mass is 426 g/mol. The molecule has 0 unspecified atom stereocenters. The summed E-state index contributed by atoms with van der Waals surface area (Å²) in [5.41, 5.74) is 1.00. The number of likely N-dealkylation sites (tertiary alicyclic amines) is 1. The second-order valence-electron chi connectivity index (χ2n) is 7.02. The molecule has 28 heavy (non-hydrogen) atoms. The smallest absolute Gasteiger partial charge is 0.242 e. The minimum absolute atomic E-state index is 0.198. The Kier molecular flexibility index (Phi) is 6.18. The number of halogens is 1. The molecule has 1 aliphatic heterocycles. The molecule has 6 nitrogen and oxygen atoms in total. The molecule has 0 saturated carbocycles. The van der Waals surface area contributed by atoms with Crippen LogP contribution in [-0.2, 0) is 26.4 Å². The van der Waals surface area contributed by atoms with Crippen LogP contribution in [0.25, 0.3) is 0 Å². The van der Waals surface area contributed by atoms with E-state index in [0.29, 0.717) is 32.5 Å². The summed E-state index contributed by atoms with van der Waals surface area (Å²) in [5, 5.41) is 0. The SMILES string of the molecule is CS(=O)(=O)c1ccccc1S(=O)(=O)NC1CCN(Cc2ccc(F)cc2)CC1. The van der Waals surface area contributed by atoms with Crippen LogP contribution in [0.2, 0.25) is 0 Å². The van der Waals surface area contributed by atoms with Gasteiger partial charge >= 0.3 is 0 Å². The van der Waals surface area contributed by atoms with Gasteiger partial charge in [-0.25, -0.2) is 25.9 Å². The minimum Gasteiger partial charge on any atom is -0.299 e. The molecule has 1 fully saturated rings. The van der Waals surface area contributed by atoms with Crippen molar-refractivity contribution in [2.75, 3.05) is 19.3 Å². The van der Waals surface area contributed by atoms with E-state index in [1.165, 1.54) is 36.4 Å². The average molecular weight is 427 g/mol. The maximum absolute atomic E-state index is 13.0. The highest BCUT2D eigenvalue weighted by Crippen LogP contribution is 2.22. The largest absolute Gasteiger partial charge is 0.299 e. The number of piperidine rings is 1. The molecule has 0 aromatic heterocycles. The van der Waals surface area contributed by atoms with Gasteiger partial charge in [-0.05, 0) is 42.7 Å². The van der Waals surface area contributed by atoms with Crippen LogP contribution in [0.4, 0.5) is 4.39 Å². The third-order valence-corrected chi connectivity index (χ3v) is 7.63. The van der Waals surface area contributed by atoms with Crippen molar-refractivity contribution in [1.29, 1.82) is 0 Å². The molecular weight excluding hydrogens is 403 g/mol. The molecule has 0 aliphatic carbocycles. The fourth-order valence-corrected chi connectivity index (χ4v) is 6.25. The van der Waals surface area contributed by atoms with Crippen LogP contribution < -0.4 is 4.72 Å². The van der Waals surface area contributed by atoms with Gasteiger partial charge in [0.2, 0.25) is 10.0 Å². The second kappa shape index (κ2) is 8.28. The maximum atomic E-state index is 13.0. The molecule has 9 heteroatoms. The molecule has 0 radical (unpaired) electrons. The average Bonchev–Trinajstić information content (AvgIpc) is 2.64. The summed E-state index contributed by atoms with van der Waals surface area (Å²) < 4.78 is 65.0. The summed E-state index contributed by atoms with van der Waals surface area (Å²) in [6.45, 7) is 2.06. The normalized spacial score (nSPS) is 16.9. The van der Waals surface area contributed by atoms with Crippen molar-refractivity contribution in [1.82, 2.24) is 9.62 Å². The predicted octanol–water partition coefficient (Wildman–Crippen LogP) is 2.17. The molecule has 1 aliphatic rings. The van der Waals surface area contributed by atoms with Crippen molar-refractivity contribution in [2.45, 2.75) is 35.2 Å². The molecule has 0 amide bonds. The lowest BCUT2D eigenvalue weighted by Crippen LogP contribution is -2.44. The lowest BCUT2D eigenvalue weighted by molar-refractivity contribution is 0.200. The van der Waals surface area contributed by atoms with Crippen LogP contribution >= 0.6 is 0 Å². The highest BCUT2D eigenvalue weighted by Gasteiger charge is 2.28. The van der Waals surface area contributed by atoms with E-state index in [1.54, 1.807) is 12.1 Å². The van der Waals surface area contributed by atoms with Gasteiger partial charge in [-0.1, -0.05) is 24.3 Å². The fourth-order valence-electron chi connectivity index (χ4n) is 3.32. The van der Waals surface area contributed by atoms with Crippen molar-refractivity contribution in [2.24, 2.45) is 0 Å². The second-order valence-corrected chi connectivity index (χ2v) is 10.7. The Morgan fingerprint density at radius 3 is 2.11 bits per heavy atom. The molecular formula is C19H23FN2O4S2. The van der Waals surface area contributed by atoms with E-state index in [2.05, 4.69) is 9.62 Å². The number of benzene rings is 2. The first-order valence-electron chi connectivity index (χ1n) is 8.93. The molecule has 0 bridgehead atoms. The number of hydrogen-bond donors (Lipinski definition) is 1. The Balaban J connectivity index is 1.64. The molecule has 0 atom stereocenters. The van der Waals surface area contributed by atoms with Gasteiger partial charge in [-0.3, -0.25) is 4.90 Å². The van der Waals surface area contributed by atoms with E-state index < -0.39 is 19.9 Å². The summed E-state index contributed by atoms with van der Waals surface area (Å²) in [6, 6.07) is 11.7. The van der Waals surface area contributed by atoms with Crippen molar-refractivity contribution < 1.29 is 21.2 Å². The van der Waals surface area contributed by atoms with Crippen molar-refractivity contribution in [3.05, 3.63) is 59.9 Å². The first kappa shape index (κ1) is 20.9. The third-order valence-electron chi connectivity index (χ3n) is 4.77. The predicted molar refractivity (Wildman–Crippen MR) is 105 cm³/mol. The highest BCUT2D eigenvalue weighted by molar-refractivity contribution is 7.93. The van der Waals surface area contributed by atoms with Gasteiger partial charge in [0.05, 0.1) is 4.90 Å². The Hall–Kier alpha value is -1.81. The summed E-state index contributed by atoms with van der Waals surface area (Å²) in [4.78, 5) is 1.77. The van der Waals surface area contributed by atoms with Crippen LogP contribution in [0, 0.1) is 5.82 Å². The van der Waals surface area contributed by atoms with E-state index >= 15 is 0 Å². The number of rotatable bonds is 6. The van der Waals surface area contributed by atoms with Crippen molar-refractivity contribution >= 4 is 19.9 Å². The zero-order valence-corrected chi connectivity index (χ0v) is 17.1. The van der Waals surface area contributed by atoms with Crippen LogP contribution in [0.3, 0.4) is 0 Å². The Bertz CT molecular complexity index is 1030. The highest BCUT2D eigenvalue weighted by atomic mass is 32.2. The van der Waals surface area contributed by atoms with Gasteiger partial charge in [0, 0.05) is 31.9 Å². The standard InChI is InChI=1S/C19H23FN2O4S2/c1-27(23,24)18-4-2-3-5-19(18)28(25,26)21-17-10-12-22(13-11-17)14-15-6-8-16(20)9-7-15/h2-9,17,21H,10-14H2,1H3. The number of nitrogens with one attached hydrogen (secondary N) is 1. The zero-order valence-electron chi connectivity index (χ0n) is 15.5. The number of sulfonamides is 1. The number of nitrogens with zero attached hydrogens (tertiary/aromatic N) is 1. The summed E-state index contributed by atoms with van der Waals surface area (Å²) in [5.74, 6) is -0.272. The molecule has 1 saturated heterocycles. The molecule has 2 aromatic rings. The quantitative estimate of drug-likeness (QED) is 0.765. The molecule has 152 valence electrons. The molecule has 3 rings (SSSR count). The summed E-state index contributed by atoms with van der Waals surface area (Å²) in [7, 11) is -7.60. The van der Waals surface area contributed by atoms with Crippen LogP contribution in [-0.4, -0.2) is 47.1 Å². The molecule has 0 spiro atoms. The van der Waals surface area contributed by atoms with Gasteiger partial charge in [0.1, 0.15) is 10.7 Å². The zero-order chi connectivity index (χ0) is 20.4. The van der Waals surface area contributed by atoms with E-state index in [1.807, 2.05) is 0 Å². The van der Waals surface area contributed by atoms with Gasteiger partial charge in [0.15, 0.2) is 9.84 Å². The van der Waals surface area contributed by atoms with Crippen LogP contribution in [0.5, 0.6) is 0 Å².